The van der Waals surface area contributed by atoms with Crippen LogP contribution in [0, 0.1) is 17.2 Å². The number of aliphatic carboxylic acids is 1. The Morgan fingerprint density at radius 3 is 2.65 bits per heavy atom. The summed E-state index contributed by atoms with van der Waals surface area (Å²) >= 11 is 0. The lowest BCUT2D eigenvalue weighted by Crippen LogP contribution is -2.57. The number of rotatable bonds is 3. The highest BCUT2D eigenvalue weighted by Crippen LogP contribution is 2.58. The maximum Gasteiger partial charge on any atom is 0.306 e. The highest BCUT2D eigenvalue weighted by Gasteiger charge is 2.55. The van der Waals surface area contributed by atoms with Crippen LogP contribution in [-0.4, -0.2) is 28.0 Å². The number of hydrogen-bond donors (Lipinski definition) is 3. The predicted octanol–water partition coefficient (Wildman–Crippen LogP) is 2.68. The molecule has 4 rings (SSSR count). The molecule has 3 N–H and O–H groups in total. The van der Waals surface area contributed by atoms with Crippen molar-refractivity contribution in [2.45, 2.75) is 31.7 Å². The number of nitrogens with one attached hydrogen (secondary N) is 2. The van der Waals surface area contributed by atoms with Gasteiger partial charge < -0.3 is 15.4 Å². The summed E-state index contributed by atoms with van der Waals surface area (Å²) in [7, 11) is 0. The first-order valence-electron chi connectivity index (χ1n) is 7.77. The molecule has 23 heavy (non-hydrogen) atoms. The van der Waals surface area contributed by atoms with Crippen LogP contribution in [-0.2, 0) is 4.79 Å². The lowest BCUT2D eigenvalue weighted by Gasteiger charge is -2.56. The fourth-order valence-corrected chi connectivity index (χ4v) is 4.15. The average molecular weight is 316 g/mol. The maximum atomic E-state index is 13.7. The van der Waals surface area contributed by atoms with Crippen molar-refractivity contribution < 1.29 is 19.1 Å². The lowest BCUT2D eigenvalue weighted by molar-refractivity contribution is -0.155. The summed E-state index contributed by atoms with van der Waals surface area (Å²) in [5.74, 6) is -1.51. The summed E-state index contributed by atoms with van der Waals surface area (Å²) < 4.78 is 13.7. The summed E-state index contributed by atoms with van der Waals surface area (Å²) in [6.45, 7) is 0. The topological polar surface area (TPSA) is 82.2 Å². The maximum absolute atomic E-state index is 13.7. The molecule has 1 spiro atoms. The standard InChI is InChI=1S/C17H17FN2O3/c18-13-2-1-12(14-11(13)3-4-19-14)15(21)20-10-7-17(8-10)5-9(6-17)16(22)23/h1-4,9-10,19H,5-8H2,(H,20,21)(H,22,23). The number of aromatic nitrogens is 1. The van der Waals surface area contributed by atoms with Gasteiger partial charge in [-0.15, -0.1) is 0 Å². The molecule has 2 saturated carbocycles. The lowest BCUT2D eigenvalue weighted by atomic mass is 9.50. The molecule has 2 aromatic rings. The number of halogens is 1. The van der Waals surface area contributed by atoms with Gasteiger partial charge in [0.1, 0.15) is 5.82 Å². The van der Waals surface area contributed by atoms with E-state index in [-0.39, 0.29) is 29.1 Å². The first-order valence-corrected chi connectivity index (χ1v) is 7.77. The van der Waals surface area contributed by atoms with Crippen molar-refractivity contribution >= 4 is 22.8 Å². The molecule has 0 aliphatic heterocycles. The van der Waals surface area contributed by atoms with Gasteiger partial charge >= 0.3 is 5.97 Å². The largest absolute Gasteiger partial charge is 0.481 e. The third kappa shape index (κ3) is 2.20. The van der Waals surface area contributed by atoms with E-state index in [9.17, 15) is 14.0 Å². The van der Waals surface area contributed by atoms with E-state index in [0.717, 1.165) is 12.8 Å². The molecule has 0 bridgehead atoms. The van der Waals surface area contributed by atoms with Crippen LogP contribution in [0.3, 0.4) is 0 Å². The minimum absolute atomic E-state index is 0.0762. The van der Waals surface area contributed by atoms with Crippen LogP contribution in [0.4, 0.5) is 4.39 Å². The van der Waals surface area contributed by atoms with Crippen molar-refractivity contribution in [1.82, 2.24) is 10.3 Å². The molecule has 2 aliphatic rings. The van der Waals surface area contributed by atoms with Crippen LogP contribution >= 0.6 is 0 Å². The van der Waals surface area contributed by atoms with Gasteiger partial charge in [-0.25, -0.2) is 4.39 Å². The minimum Gasteiger partial charge on any atom is -0.481 e. The summed E-state index contributed by atoms with van der Waals surface area (Å²) in [6.07, 6.45) is 4.71. The first-order chi connectivity index (χ1) is 11.0. The van der Waals surface area contributed by atoms with Crippen LogP contribution in [0.15, 0.2) is 24.4 Å². The zero-order valence-corrected chi connectivity index (χ0v) is 12.4. The zero-order valence-electron chi connectivity index (χ0n) is 12.4. The van der Waals surface area contributed by atoms with E-state index >= 15 is 0 Å². The van der Waals surface area contributed by atoms with Crippen LogP contribution < -0.4 is 5.32 Å². The number of aromatic amines is 1. The molecule has 1 heterocycles. The van der Waals surface area contributed by atoms with Gasteiger partial charge in [-0.05, 0) is 49.3 Å². The number of hydrogen-bond acceptors (Lipinski definition) is 2. The molecule has 0 unspecified atom stereocenters. The normalized spacial score (nSPS) is 29.1. The Morgan fingerprint density at radius 1 is 1.22 bits per heavy atom. The second-order valence-corrected chi connectivity index (χ2v) is 6.88. The molecule has 120 valence electrons. The monoisotopic (exact) mass is 316 g/mol. The Bertz CT molecular complexity index is 799. The Balaban J connectivity index is 1.41. The third-order valence-electron chi connectivity index (χ3n) is 5.32. The third-order valence-corrected chi connectivity index (χ3v) is 5.32. The van der Waals surface area contributed by atoms with E-state index in [1.165, 1.54) is 12.1 Å². The van der Waals surface area contributed by atoms with Crippen LogP contribution in [0.5, 0.6) is 0 Å². The molecule has 0 radical (unpaired) electrons. The molecule has 0 saturated heterocycles. The smallest absolute Gasteiger partial charge is 0.306 e. The zero-order chi connectivity index (χ0) is 16.2. The van der Waals surface area contributed by atoms with Crippen LogP contribution in [0.25, 0.3) is 10.9 Å². The van der Waals surface area contributed by atoms with E-state index in [4.69, 9.17) is 5.11 Å². The summed E-state index contributed by atoms with van der Waals surface area (Å²) in [5, 5.41) is 12.3. The summed E-state index contributed by atoms with van der Waals surface area (Å²) in [5.41, 5.74) is 1.06. The number of carbonyl (C=O) groups excluding carboxylic acids is 1. The average Bonchev–Trinajstić information content (AvgIpc) is 2.89. The number of amides is 1. The van der Waals surface area contributed by atoms with E-state index in [2.05, 4.69) is 10.3 Å². The molecule has 0 atom stereocenters. The van der Waals surface area contributed by atoms with Crippen molar-refractivity contribution in [3.05, 3.63) is 35.8 Å². The van der Waals surface area contributed by atoms with Crippen molar-refractivity contribution in [3.8, 4) is 0 Å². The molecule has 6 heteroatoms. The predicted molar refractivity (Wildman–Crippen MR) is 81.5 cm³/mol. The molecule has 5 nitrogen and oxygen atoms in total. The molecule has 2 fully saturated rings. The van der Waals surface area contributed by atoms with Crippen molar-refractivity contribution in [2.75, 3.05) is 0 Å². The highest BCUT2D eigenvalue weighted by molar-refractivity contribution is 6.06. The second-order valence-electron chi connectivity index (χ2n) is 6.88. The van der Waals surface area contributed by atoms with Gasteiger partial charge in [0.15, 0.2) is 0 Å². The van der Waals surface area contributed by atoms with Gasteiger partial charge in [-0.1, -0.05) is 0 Å². The summed E-state index contributed by atoms with van der Waals surface area (Å²) in [6, 6.07) is 4.48. The van der Waals surface area contributed by atoms with Crippen molar-refractivity contribution in [1.29, 1.82) is 0 Å². The number of fused-ring (bicyclic) bond motifs is 1. The molecular formula is C17H17FN2O3. The number of carboxylic acids is 1. The quantitative estimate of drug-likeness (QED) is 0.814. The number of carboxylic acid groups (broad SMARTS) is 1. The molecule has 1 amide bonds. The molecule has 2 aliphatic carbocycles. The number of carbonyl (C=O) groups is 2. The molecule has 1 aromatic carbocycles. The Hall–Kier alpha value is -2.37. The molecular weight excluding hydrogens is 299 g/mol. The van der Waals surface area contributed by atoms with Crippen molar-refractivity contribution in [3.63, 3.8) is 0 Å². The molecule has 1 aromatic heterocycles. The van der Waals surface area contributed by atoms with Crippen molar-refractivity contribution in [2.24, 2.45) is 11.3 Å². The summed E-state index contributed by atoms with van der Waals surface area (Å²) in [4.78, 5) is 26.2. The fraction of sp³-hybridized carbons (Fsp3) is 0.412. The van der Waals surface area contributed by atoms with Gasteiger partial charge in [0.2, 0.25) is 0 Å². The van der Waals surface area contributed by atoms with Gasteiger partial charge in [-0.3, -0.25) is 9.59 Å². The van der Waals surface area contributed by atoms with E-state index < -0.39 is 5.97 Å². The number of H-pyrrole nitrogens is 1. The Kier molecular flexibility index (Phi) is 2.98. The van der Waals surface area contributed by atoms with Gasteiger partial charge in [0.25, 0.3) is 5.91 Å². The van der Waals surface area contributed by atoms with Gasteiger partial charge in [0.05, 0.1) is 17.0 Å². The van der Waals surface area contributed by atoms with Gasteiger partial charge in [0, 0.05) is 17.6 Å². The van der Waals surface area contributed by atoms with E-state index in [1.54, 1.807) is 12.3 Å². The minimum atomic E-state index is -0.719. The van der Waals surface area contributed by atoms with E-state index in [1.807, 2.05) is 0 Å². The second kappa shape index (κ2) is 4.81. The SMILES string of the molecule is O=C(NC1CC2(C1)CC(C(=O)O)C2)c1ccc(F)c2cc[nH]c12. The van der Waals surface area contributed by atoms with Gasteiger partial charge in [-0.2, -0.15) is 0 Å². The van der Waals surface area contributed by atoms with E-state index in [0.29, 0.717) is 29.3 Å². The Labute approximate surface area is 131 Å². The fourth-order valence-electron chi connectivity index (χ4n) is 4.15. The highest BCUT2D eigenvalue weighted by atomic mass is 19.1. The Morgan fingerprint density at radius 2 is 1.96 bits per heavy atom. The van der Waals surface area contributed by atoms with Crippen LogP contribution in [0.1, 0.15) is 36.0 Å². The first kappa shape index (κ1) is 14.2. The van der Waals surface area contributed by atoms with Crippen LogP contribution in [0.2, 0.25) is 0 Å². The number of benzene rings is 1.